The van der Waals surface area contributed by atoms with Gasteiger partial charge in [0.15, 0.2) is 0 Å². The Kier molecular flexibility index (Phi) is 7.91. The Morgan fingerprint density at radius 2 is 1.69 bits per heavy atom. The van der Waals surface area contributed by atoms with Gasteiger partial charge in [0.2, 0.25) is 0 Å². The van der Waals surface area contributed by atoms with E-state index in [1.165, 1.54) is 31.2 Å². The Balaban J connectivity index is 1.41. The number of halogens is 1. The molecule has 1 atom stereocenters. The number of rotatable bonds is 9. The summed E-state index contributed by atoms with van der Waals surface area (Å²) in [7, 11) is -2.25. The molecule has 1 saturated heterocycles. The third-order valence-electron chi connectivity index (χ3n) is 6.38. The summed E-state index contributed by atoms with van der Waals surface area (Å²) in [5, 5.41) is 3.02. The molecule has 1 aliphatic rings. The van der Waals surface area contributed by atoms with Crippen molar-refractivity contribution < 1.29 is 22.3 Å². The Bertz CT molecular complexity index is 1310. The summed E-state index contributed by atoms with van der Waals surface area (Å²) in [6.45, 7) is 3.91. The number of sulfonamides is 1. The van der Waals surface area contributed by atoms with E-state index in [0.717, 1.165) is 43.3 Å². The van der Waals surface area contributed by atoms with Crippen LogP contribution in [0.5, 0.6) is 5.75 Å². The molecular weight excluding hydrogens is 481 g/mol. The molecule has 0 bridgehead atoms. The molecule has 7 nitrogen and oxygen atoms in total. The summed E-state index contributed by atoms with van der Waals surface area (Å²) in [6, 6.07) is 17.8. The molecule has 1 aliphatic heterocycles. The predicted molar refractivity (Wildman–Crippen MR) is 137 cm³/mol. The van der Waals surface area contributed by atoms with E-state index in [4.69, 9.17) is 4.74 Å². The highest BCUT2D eigenvalue weighted by Gasteiger charge is 2.24. The first-order valence-corrected chi connectivity index (χ1v) is 13.3. The Labute approximate surface area is 211 Å². The van der Waals surface area contributed by atoms with E-state index in [0.29, 0.717) is 17.8 Å². The van der Waals surface area contributed by atoms with Crippen LogP contribution in [-0.2, 0) is 10.0 Å². The lowest BCUT2D eigenvalue weighted by molar-refractivity contribution is 0.0938. The molecule has 0 radical (unpaired) electrons. The number of likely N-dealkylation sites (tertiary alicyclic amines) is 1. The largest absolute Gasteiger partial charge is 0.497 e. The lowest BCUT2D eigenvalue weighted by atomic mass is 10.0. The molecule has 3 aromatic carbocycles. The van der Waals surface area contributed by atoms with Crippen LogP contribution in [0.15, 0.2) is 71.6 Å². The summed E-state index contributed by atoms with van der Waals surface area (Å²) in [5.74, 6) is 0.0767. The van der Waals surface area contributed by atoms with Crippen molar-refractivity contribution in [3.8, 4) is 5.75 Å². The average molecular weight is 512 g/mol. The van der Waals surface area contributed by atoms with Crippen molar-refractivity contribution in [1.29, 1.82) is 0 Å². The monoisotopic (exact) mass is 511 g/mol. The normalized spacial score (nSPS) is 14.9. The second kappa shape index (κ2) is 11.1. The number of benzene rings is 3. The van der Waals surface area contributed by atoms with E-state index >= 15 is 0 Å². The molecule has 0 unspecified atom stereocenters. The van der Waals surface area contributed by atoms with Gasteiger partial charge in [-0.15, -0.1) is 0 Å². The second-order valence-electron chi connectivity index (χ2n) is 8.84. The van der Waals surface area contributed by atoms with Crippen LogP contribution in [0, 0.1) is 12.7 Å². The minimum atomic E-state index is -3.88. The van der Waals surface area contributed by atoms with E-state index in [2.05, 4.69) is 14.9 Å². The fourth-order valence-corrected chi connectivity index (χ4v) is 5.46. The molecule has 0 spiro atoms. The number of methoxy groups -OCH3 is 1. The topological polar surface area (TPSA) is 87.7 Å². The molecule has 1 heterocycles. The highest BCUT2D eigenvalue weighted by molar-refractivity contribution is 7.92. The number of aryl methyl sites for hydroxylation is 1. The summed E-state index contributed by atoms with van der Waals surface area (Å²) in [5.41, 5.74) is 2.08. The molecule has 0 saturated carbocycles. The van der Waals surface area contributed by atoms with Crippen molar-refractivity contribution in [3.63, 3.8) is 0 Å². The van der Waals surface area contributed by atoms with Gasteiger partial charge < -0.3 is 10.1 Å². The van der Waals surface area contributed by atoms with Crippen LogP contribution in [0.25, 0.3) is 0 Å². The lowest BCUT2D eigenvalue weighted by Crippen LogP contribution is -2.36. The maximum Gasteiger partial charge on any atom is 0.261 e. The molecule has 1 fully saturated rings. The number of nitrogens with one attached hydrogen (secondary N) is 2. The van der Waals surface area contributed by atoms with E-state index in [1.54, 1.807) is 19.2 Å². The molecule has 1 amide bonds. The fourth-order valence-electron chi connectivity index (χ4n) is 4.32. The standard InChI is InChI=1S/C27H30FN3O4S/c1-19-17-24(13-14-25(19)28)36(33,34)30-22-9-5-21(6-10-22)27(32)29-18-26(31-15-3-4-16-31)20-7-11-23(35-2)12-8-20/h5-14,17,26,30H,3-4,15-16,18H2,1-2H3,(H,29,32)/t26-/m0/s1. The lowest BCUT2D eigenvalue weighted by Gasteiger charge is -2.28. The number of nitrogens with zero attached hydrogens (tertiary/aromatic N) is 1. The van der Waals surface area contributed by atoms with Crippen LogP contribution in [-0.4, -0.2) is 46.0 Å². The molecule has 0 aliphatic carbocycles. The van der Waals surface area contributed by atoms with Gasteiger partial charge in [-0.1, -0.05) is 12.1 Å². The first-order chi connectivity index (χ1) is 17.3. The number of anilines is 1. The molecule has 36 heavy (non-hydrogen) atoms. The molecule has 9 heteroatoms. The molecule has 4 rings (SSSR count). The quantitative estimate of drug-likeness (QED) is 0.441. The third kappa shape index (κ3) is 6.03. The summed E-state index contributed by atoms with van der Waals surface area (Å²) >= 11 is 0. The van der Waals surface area contributed by atoms with Crippen molar-refractivity contribution in [3.05, 3.63) is 89.2 Å². The summed E-state index contributed by atoms with van der Waals surface area (Å²) < 4.78 is 46.5. The SMILES string of the molecule is COc1ccc([C@H](CNC(=O)c2ccc(NS(=O)(=O)c3ccc(F)c(C)c3)cc2)N2CCCC2)cc1. The van der Waals surface area contributed by atoms with Gasteiger partial charge in [0.05, 0.1) is 18.0 Å². The van der Waals surface area contributed by atoms with Gasteiger partial charge in [-0.25, -0.2) is 12.8 Å². The highest BCUT2D eigenvalue weighted by atomic mass is 32.2. The molecule has 0 aromatic heterocycles. The molecular formula is C27H30FN3O4S. The van der Waals surface area contributed by atoms with Crippen LogP contribution in [0.2, 0.25) is 0 Å². The van der Waals surface area contributed by atoms with Gasteiger partial charge in [-0.3, -0.25) is 14.4 Å². The van der Waals surface area contributed by atoms with E-state index in [-0.39, 0.29) is 22.4 Å². The Hall–Kier alpha value is -3.43. The van der Waals surface area contributed by atoms with Crippen LogP contribution in [0.4, 0.5) is 10.1 Å². The smallest absolute Gasteiger partial charge is 0.261 e. The van der Waals surface area contributed by atoms with Gasteiger partial charge in [0, 0.05) is 17.8 Å². The van der Waals surface area contributed by atoms with E-state index < -0.39 is 15.8 Å². The van der Waals surface area contributed by atoms with Gasteiger partial charge in [0.1, 0.15) is 11.6 Å². The minimum Gasteiger partial charge on any atom is -0.497 e. The summed E-state index contributed by atoms with van der Waals surface area (Å²) in [6.07, 6.45) is 2.27. The van der Waals surface area contributed by atoms with Gasteiger partial charge in [-0.05, 0) is 98.6 Å². The Morgan fingerprint density at radius 3 is 2.31 bits per heavy atom. The third-order valence-corrected chi connectivity index (χ3v) is 7.76. The zero-order chi connectivity index (χ0) is 25.7. The average Bonchev–Trinajstić information content (AvgIpc) is 3.41. The zero-order valence-electron chi connectivity index (χ0n) is 20.3. The van der Waals surface area contributed by atoms with Crippen molar-refractivity contribution in [2.75, 3.05) is 31.5 Å². The van der Waals surface area contributed by atoms with Gasteiger partial charge in [0.25, 0.3) is 15.9 Å². The van der Waals surface area contributed by atoms with Crippen LogP contribution < -0.4 is 14.8 Å². The van der Waals surface area contributed by atoms with Gasteiger partial charge in [-0.2, -0.15) is 0 Å². The van der Waals surface area contributed by atoms with Crippen LogP contribution in [0.3, 0.4) is 0 Å². The van der Waals surface area contributed by atoms with Crippen molar-refractivity contribution in [2.45, 2.75) is 30.7 Å². The van der Waals surface area contributed by atoms with Crippen molar-refractivity contribution in [2.24, 2.45) is 0 Å². The fraction of sp³-hybridized carbons (Fsp3) is 0.296. The first kappa shape index (κ1) is 25.7. The number of hydrogen-bond donors (Lipinski definition) is 2. The Morgan fingerprint density at radius 1 is 1.03 bits per heavy atom. The minimum absolute atomic E-state index is 0.0327. The summed E-state index contributed by atoms with van der Waals surface area (Å²) in [4.78, 5) is 15.2. The zero-order valence-corrected chi connectivity index (χ0v) is 21.1. The van der Waals surface area contributed by atoms with Crippen LogP contribution >= 0.6 is 0 Å². The maximum absolute atomic E-state index is 13.5. The van der Waals surface area contributed by atoms with Crippen LogP contribution in [0.1, 0.15) is 40.4 Å². The molecule has 2 N–H and O–H groups in total. The number of carbonyl (C=O) groups excluding carboxylic acids is 1. The highest BCUT2D eigenvalue weighted by Crippen LogP contribution is 2.26. The number of amides is 1. The molecule has 3 aromatic rings. The number of hydrogen-bond acceptors (Lipinski definition) is 5. The van der Waals surface area contributed by atoms with Crippen molar-refractivity contribution >= 4 is 21.6 Å². The predicted octanol–water partition coefficient (Wildman–Crippen LogP) is 4.51. The molecule has 190 valence electrons. The number of carbonyl (C=O) groups is 1. The van der Waals surface area contributed by atoms with Crippen molar-refractivity contribution in [1.82, 2.24) is 10.2 Å². The van der Waals surface area contributed by atoms with Gasteiger partial charge >= 0.3 is 0 Å². The second-order valence-corrected chi connectivity index (χ2v) is 10.5. The number of ether oxygens (including phenoxy) is 1. The van der Waals surface area contributed by atoms with E-state index in [1.807, 2.05) is 24.3 Å². The maximum atomic E-state index is 13.5. The first-order valence-electron chi connectivity index (χ1n) is 11.8. The van der Waals surface area contributed by atoms with E-state index in [9.17, 15) is 17.6 Å².